The van der Waals surface area contributed by atoms with Gasteiger partial charge in [0.1, 0.15) is 0 Å². The first kappa shape index (κ1) is 20.2. The van der Waals surface area contributed by atoms with Crippen LogP contribution in [0.15, 0.2) is 4.52 Å². The number of hydrogen-bond donors (Lipinski definition) is 2. The Morgan fingerprint density at radius 3 is 2.65 bits per heavy atom. The summed E-state index contributed by atoms with van der Waals surface area (Å²) in [6, 6.07) is 0.0356. The predicted molar refractivity (Wildman–Crippen MR) is 97.5 cm³/mol. The summed E-state index contributed by atoms with van der Waals surface area (Å²) in [5, 5.41) is 9.95. The summed E-state index contributed by atoms with van der Waals surface area (Å²) < 4.78 is 5.29. The third kappa shape index (κ3) is 5.44. The van der Waals surface area contributed by atoms with Crippen LogP contribution >= 0.6 is 0 Å². The molecule has 146 valence electrons. The molecule has 2 rings (SSSR count). The van der Waals surface area contributed by atoms with Gasteiger partial charge in [-0.3, -0.25) is 4.79 Å². The molecule has 0 bridgehead atoms. The zero-order valence-electron chi connectivity index (χ0n) is 16.2. The van der Waals surface area contributed by atoms with Crippen molar-refractivity contribution in [3.05, 3.63) is 11.7 Å². The molecule has 0 saturated carbocycles. The van der Waals surface area contributed by atoms with Crippen LogP contribution in [0.1, 0.15) is 77.6 Å². The Morgan fingerprint density at radius 1 is 1.27 bits per heavy atom. The second-order valence-corrected chi connectivity index (χ2v) is 7.08. The maximum atomic E-state index is 12.3. The molecule has 3 amide bonds. The average molecular weight is 365 g/mol. The number of carbonyl (C=O) groups is 2. The Kier molecular flexibility index (Phi) is 7.41. The van der Waals surface area contributed by atoms with Crippen molar-refractivity contribution in [2.24, 2.45) is 0 Å². The van der Waals surface area contributed by atoms with Crippen LogP contribution in [0.2, 0.25) is 0 Å². The van der Waals surface area contributed by atoms with E-state index in [9.17, 15) is 9.59 Å². The van der Waals surface area contributed by atoms with Crippen molar-refractivity contribution in [2.75, 3.05) is 6.54 Å². The predicted octanol–water partition coefficient (Wildman–Crippen LogP) is 2.56. The molecule has 1 atom stereocenters. The number of hydrogen-bond acceptors (Lipinski definition) is 5. The molecule has 1 aliphatic heterocycles. The zero-order chi connectivity index (χ0) is 19.1. The number of urea groups is 1. The highest BCUT2D eigenvalue weighted by atomic mass is 16.5. The van der Waals surface area contributed by atoms with Crippen LogP contribution in [0.4, 0.5) is 4.79 Å². The molecule has 0 aliphatic carbocycles. The molecule has 0 aromatic carbocycles. The van der Waals surface area contributed by atoms with Gasteiger partial charge in [0.05, 0.1) is 6.04 Å². The number of nitrogens with one attached hydrogen (secondary N) is 2. The molecular formula is C18H31N5O3. The molecule has 0 radical (unpaired) electrons. The minimum atomic E-state index is -0.162. The molecule has 2 N–H and O–H groups in total. The molecule has 2 heterocycles. The molecule has 0 spiro atoms. The Bertz CT molecular complexity index is 597. The number of rotatable bonds is 8. The van der Waals surface area contributed by atoms with Gasteiger partial charge in [-0.15, -0.1) is 0 Å². The van der Waals surface area contributed by atoms with Gasteiger partial charge < -0.3 is 20.1 Å². The number of nitrogens with zero attached hydrogens (tertiary/aromatic N) is 3. The monoisotopic (exact) mass is 365 g/mol. The fraction of sp³-hybridized carbons (Fsp3) is 0.778. The minimum Gasteiger partial charge on any atom is -0.353 e. The summed E-state index contributed by atoms with van der Waals surface area (Å²) >= 11 is 0. The largest absolute Gasteiger partial charge is 0.353 e. The summed E-state index contributed by atoms with van der Waals surface area (Å²) in [6.45, 7) is 8.66. The van der Waals surface area contributed by atoms with Crippen molar-refractivity contribution in [2.45, 2.75) is 84.3 Å². The summed E-state index contributed by atoms with van der Waals surface area (Å²) in [5.74, 6) is 0.963. The van der Waals surface area contributed by atoms with E-state index in [2.05, 4.69) is 34.6 Å². The van der Waals surface area contributed by atoms with E-state index < -0.39 is 0 Å². The molecule has 1 aromatic heterocycles. The lowest BCUT2D eigenvalue weighted by molar-refractivity contribution is -0.121. The first-order valence-electron chi connectivity index (χ1n) is 9.63. The second-order valence-electron chi connectivity index (χ2n) is 7.08. The van der Waals surface area contributed by atoms with Gasteiger partial charge in [-0.25, -0.2) is 4.79 Å². The van der Waals surface area contributed by atoms with Gasteiger partial charge in [-0.05, 0) is 39.5 Å². The molecule has 1 unspecified atom stereocenters. The van der Waals surface area contributed by atoms with E-state index in [1.807, 2.05) is 13.8 Å². The van der Waals surface area contributed by atoms with Crippen molar-refractivity contribution in [1.82, 2.24) is 25.7 Å². The van der Waals surface area contributed by atoms with Crippen LogP contribution in [-0.2, 0) is 11.2 Å². The molecule has 26 heavy (non-hydrogen) atoms. The Hall–Kier alpha value is -2.12. The van der Waals surface area contributed by atoms with Crippen molar-refractivity contribution in [3.63, 3.8) is 0 Å². The summed E-state index contributed by atoms with van der Waals surface area (Å²) in [4.78, 5) is 30.5. The number of aryl methyl sites for hydroxylation is 1. The highest BCUT2D eigenvalue weighted by Gasteiger charge is 2.33. The lowest BCUT2D eigenvalue weighted by atomic mass is 10.1. The number of carbonyl (C=O) groups excluding carboxylic acids is 2. The van der Waals surface area contributed by atoms with Crippen LogP contribution in [0.5, 0.6) is 0 Å². The van der Waals surface area contributed by atoms with E-state index in [1.165, 1.54) is 0 Å². The first-order chi connectivity index (χ1) is 12.4. The molecule has 1 aliphatic rings. The topological polar surface area (TPSA) is 100 Å². The summed E-state index contributed by atoms with van der Waals surface area (Å²) in [5.41, 5.74) is 0. The van der Waals surface area contributed by atoms with Gasteiger partial charge >= 0.3 is 6.03 Å². The minimum absolute atomic E-state index is 0.00254. The molecule has 1 aromatic rings. The second kappa shape index (κ2) is 9.54. The lowest BCUT2D eigenvalue weighted by Gasteiger charge is -2.23. The van der Waals surface area contributed by atoms with Crippen LogP contribution in [-0.4, -0.2) is 45.6 Å². The van der Waals surface area contributed by atoms with E-state index in [-0.39, 0.29) is 30.1 Å². The SMILES string of the molecule is CCC(CC)NC(=O)CCc1nc(C2CCCN2C(=O)NC(C)C)no1. The summed E-state index contributed by atoms with van der Waals surface area (Å²) in [6.07, 6.45) is 4.30. The highest BCUT2D eigenvalue weighted by Crippen LogP contribution is 2.30. The smallest absolute Gasteiger partial charge is 0.318 e. The maximum Gasteiger partial charge on any atom is 0.318 e. The molecule has 8 heteroatoms. The normalized spacial score (nSPS) is 17.2. The van der Waals surface area contributed by atoms with Crippen LogP contribution in [0, 0.1) is 0 Å². The van der Waals surface area contributed by atoms with E-state index in [4.69, 9.17) is 4.52 Å². The van der Waals surface area contributed by atoms with Crippen molar-refractivity contribution in [3.8, 4) is 0 Å². The molecule has 1 saturated heterocycles. The third-order valence-corrected chi connectivity index (χ3v) is 4.62. The van der Waals surface area contributed by atoms with Gasteiger partial charge in [0.25, 0.3) is 0 Å². The van der Waals surface area contributed by atoms with Crippen molar-refractivity contribution < 1.29 is 14.1 Å². The molecule has 1 fully saturated rings. The Labute approximate surface area is 155 Å². The van der Waals surface area contributed by atoms with E-state index in [0.717, 1.165) is 25.7 Å². The van der Waals surface area contributed by atoms with Gasteiger partial charge in [-0.2, -0.15) is 4.98 Å². The van der Waals surface area contributed by atoms with Gasteiger partial charge in [0.2, 0.25) is 11.8 Å². The number of likely N-dealkylation sites (tertiary alicyclic amines) is 1. The fourth-order valence-corrected chi connectivity index (χ4v) is 3.13. The van der Waals surface area contributed by atoms with E-state index >= 15 is 0 Å². The molecular weight excluding hydrogens is 334 g/mol. The van der Waals surface area contributed by atoms with Gasteiger partial charge in [-0.1, -0.05) is 19.0 Å². The van der Waals surface area contributed by atoms with Crippen molar-refractivity contribution in [1.29, 1.82) is 0 Å². The van der Waals surface area contributed by atoms with E-state index in [1.54, 1.807) is 4.90 Å². The van der Waals surface area contributed by atoms with Gasteiger partial charge in [0, 0.05) is 31.5 Å². The fourth-order valence-electron chi connectivity index (χ4n) is 3.13. The first-order valence-corrected chi connectivity index (χ1v) is 9.63. The highest BCUT2D eigenvalue weighted by molar-refractivity contribution is 5.76. The lowest BCUT2D eigenvalue weighted by Crippen LogP contribution is -2.42. The van der Waals surface area contributed by atoms with E-state index in [0.29, 0.717) is 31.1 Å². The average Bonchev–Trinajstić information content (AvgIpc) is 3.25. The number of aromatic nitrogens is 2. The number of amides is 3. The van der Waals surface area contributed by atoms with Gasteiger partial charge in [0.15, 0.2) is 5.82 Å². The van der Waals surface area contributed by atoms with Crippen LogP contribution in [0.25, 0.3) is 0 Å². The van der Waals surface area contributed by atoms with Crippen molar-refractivity contribution >= 4 is 11.9 Å². The Balaban J connectivity index is 1.90. The standard InChI is InChI=1S/C18H31N5O3/c1-5-13(6-2)20-15(24)9-10-16-21-17(22-26-16)14-8-7-11-23(14)18(25)19-12(3)4/h12-14H,5-11H2,1-4H3,(H,19,25)(H,20,24). The summed E-state index contributed by atoms with van der Waals surface area (Å²) in [7, 11) is 0. The molecule has 8 nitrogen and oxygen atoms in total. The van der Waals surface area contributed by atoms with Crippen LogP contribution in [0.3, 0.4) is 0 Å². The zero-order valence-corrected chi connectivity index (χ0v) is 16.2. The quantitative estimate of drug-likeness (QED) is 0.737. The maximum absolute atomic E-state index is 12.3. The Morgan fingerprint density at radius 2 is 2.00 bits per heavy atom. The van der Waals surface area contributed by atoms with Crippen LogP contribution < -0.4 is 10.6 Å². The third-order valence-electron chi connectivity index (χ3n) is 4.62.